The van der Waals surface area contributed by atoms with Crippen LogP contribution in [0.1, 0.15) is 22.1 Å². The van der Waals surface area contributed by atoms with Crippen molar-refractivity contribution in [2.24, 2.45) is 5.73 Å². The Morgan fingerprint density at radius 3 is 3.15 bits per heavy atom. The van der Waals surface area contributed by atoms with E-state index in [0.29, 0.717) is 18.1 Å². The Hall–Kier alpha value is -2.30. The normalized spacial score (nSPS) is 17.5. The summed E-state index contributed by atoms with van der Waals surface area (Å²) >= 11 is 1.57. The van der Waals surface area contributed by atoms with E-state index in [1.54, 1.807) is 18.4 Å². The number of ether oxygens (including phenoxy) is 2. The zero-order valence-corrected chi connectivity index (χ0v) is 11.5. The Balaban J connectivity index is 2.19. The lowest BCUT2D eigenvalue weighted by Gasteiger charge is -2.22. The smallest absolute Gasteiger partial charge is 0.244 e. The van der Waals surface area contributed by atoms with Gasteiger partial charge in [-0.15, -0.1) is 16.4 Å². The molecule has 0 bridgehead atoms. The van der Waals surface area contributed by atoms with Crippen LogP contribution in [-0.2, 0) is 11.3 Å². The first-order valence-electron chi connectivity index (χ1n) is 5.93. The van der Waals surface area contributed by atoms with Gasteiger partial charge in [0, 0.05) is 12.0 Å². The molecule has 6 nitrogen and oxygen atoms in total. The molecule has 0 aromatic carbocycles. The van der Waals surface area contributed by atoms with E-state index in [4.69, 9.17) is 15.2 Å². The van der Waals surface area contributed by atoms with Crippen LogP contribution in [0.15, 0.2) is 29.0 Å². The number of aromatic amines is 1. The number of thiophene rings is 1. The number of aromatic nitrogens is 2. The Kier molecular flexibility index (Phi) is 3.18. The minimum atomic E-state index is -0.257. The van der Waals surface area contributed by atoms with E-state index >= 15 is 0 Å². The van der Waals surface area contributed by atoms with Gasteiger partial charge in [-0.2, -0.15) is 5.26 Å². The number of methoxy groups -OCH3 is 1. The maximum atomic E-state index is 9.39. The van der Waals surface area contributed by atoms with Crippen LogP contribution in [0.4, 0.5) is 0 Å². The van der Waals surface area contributed by atoms with E-state index in [1.807, 2.05) is 17.5 Å². The van der Waals surface area contributed by atoms with E-state index in [1.165, 1.54) is 0 Å². The van der Waals surface area contributed by atoms with Gasteiger partial charge >= 0.3 is 0 Å². The van der Waals surface area contributed by atoms with Crippen LogP contribution >= 0.6 is 11.3 Å². The molecule has 0 amide bonds. The summed E-state index contributed by atoms with van der Waals surface area (Å²) in [7, 11) is 1.60. The average Bonchev–Trinajstić information content (AvgIpc) is 3.08. The van der Waals surface area contributed by atoms with Gasteiger partial charge < -0.3 is 15.2 Å². The first-order valence-corrected chi connectivity index (χ1v) is 6.81. The van der Waals surface area contributed by atoms with Gasteiger partial charge in [0.1, 0.15) is 11.6 Å². The number of rotatable bonds is 3. The zero-order chi connectivity index (χ0) is 14.1. The first kappa shape index (κ1) is 12.7. The number of nitrogens with one attached hydrogen (secondary N) is 1. The molecule has 3 N–H and O–H groups in total. The second kappa shape index (κ2) is 5.00. The molecule has 0 aliphatic carbocycles. The summed E-state index contributed by atoms with van der Waals surface area (Å²) in [4.78, 5) is 1.02. The van der Waals surface area contributed by atoms with Gasteiger partial charge in [-0.25, -0.2) is 0 Å². The fourth-order valence-electron chi connectivity index (χ4n) is 2.30. The quantitative estimate of drug-likeness (QED) is 0.898. The molecule has 1 aliphatic heterocycles. The van der Waals surface area contributed by atoms with Crippen molar-refractivity contribution < 1.29 is 9.47 Å². The van der Waals surface area contributed by atoms with Gasteiger partial charge in [-0.1, -0.05) is 6.07 Å². The van der Waals surface area contributed by atoms with Crippen LogP contribution in [0.2, 0.25) is 0 Å². The number of hydrogen-bond donors (Lipinski definition) is 2. The third-order valence-electron chi connectivity index (χ3n) is 3.13. The van der Waals surface area contributed by atoms with Crippen molar-refractivity contribution in [3.63, 3.8) is 0 Å². The third kappa shape index (κ3) is 1.86. The highest BCUT2D eigenvalue weighted by Crippen LogP contribution is 2.44. The number of nitrogens with zero attached hydrogens (tertiary/aromatic N) is 2. The summed E-state index contributed by atoms with van der Waals surface area (Å²) in [6.45, 7) is 0.367. The fraction of sp³-hybridized carbons (Fsp3) is 0.231. The van der Waals surface area contributed by atoms with Crippen LogP contribution in [0.5, 0.6) is 5.88 Å². The van der Waals surface area contributed by atoms with Crippen molar-refractivity contribution >= 4 is 11.3 Å². The van der Waals surface area contributed by atoms with Crippen molar-refractivity contribution in [3.05, 3.63) is 45.1 Å². The van der Waals surface area contributed by atoms with E-state index in [2.05, 4.69) is 16.3 Å². The molecule has 3 heterocycles. The highest BCUT2D eigenvalue weighted by molar-refractivity contribution is 7.10. The van der Waals surface area contributed by atoms with Crippen LogP contribution < -0.4 is 10.5 Å². The fourth-order valence-corrected chi connectivity index (χ4v) is 3.15. The van der Waals surface area contributed by atoms with Crippen molar-refractivity contribution in [1.29, 1.82) is 5.26 Å². The highest BCUT2D eigenvalue weighted by Gasteiger charge is 2.35. The SMILES string of the molecule is COCc1[nH]nc2c1[C@@H](c1cccs1)C(C#N)=C(N)O2. The maximum absolute atomic E-state index is 9.39. The molecule has 1 aliphatic rings. The van der Waals surface area contributed by atoms with Crippen LogP contribution in [0, 0.1) is 11.3 Å². The molecule has 2 aromatic heterocycles. The lowest BCUT2D eigenvalue weighted by Crippen LogP contribution is -2.20. The van der Waals surface area contributed by atoms with Gasteiger partial charge in [0.25, 0.3) is 0 Å². The largest absolute Gasteiger partial charge is 0.420 e. The summed E-state index contributed by atoms with van der Waals surface area (Å²) in [5, 5.41) is 18.3. The number of allylic oxidation sites excluding steroid dienone is 1. The monoisotopic (exact) mass is 288 g/mol. The van der Waals surface area contributed by atoms with Crippen LogP contribution in [0.3, 0.4) is 0 Å². The predicted molar refractivity (Wildman–Crippen MR) is 72.9 cm³/mol. The van der Waals surface area contributed by atoms with Crippen molar-refractivity contribution in [1.82, 2.24) is 10.2 Å². The van der Waals surface area contributed by atoms with Crippen molar-refractivity contribution in [3.8, 4) is 11.9 Å². The van der Waals surface area contributed by atoms with E-state index in [0.717, 1.165) is 16.1 Å². The van der Waals surface area contributed by atoms with Gasteiger partial charge in [0.15, 0.2) is 0 Å². The molecular formula is C13H12N4O2S. The second-order valence-corrected chi connectivity index (χ2v) is 5.27. The topological polar surface area (TPSA) is 97.0 Å². The average molecular weight is 288 g/mol. The number of hydrogen-bond acceptors (Lipinski definition) is 6. The van der Waals surface area contributed by atoms with Gasteiger partial charge in [-0.05, 0) is 11.4 Å². The molecule has 7 heteroatoms. The lowest BCUT2D eigenvalue weighted by atomic mass is 9.89. The molecular weight excluding hydrogens is 276 g/mol. The summed E-state index contributed by atoms with van der Waals surface area (Å²) in [6.07, 6.45) is 0. The summed E-state index contributed by atoms with van der Waals surface area (Å²) in [5.41, 5.74) is 7.85. The Morgan fingerprint density at radius 2 is 2.50 bits per heavy atom. The Labute approximate surface area is 119 Å². The van der Waals surface area contributed by atoms with Gasteiger partial charge in [-0.3, -0.25) is 5.10 Å². The minimum Gasteiger partial charge on any atom is -0.420 e. The minimum absolute atomic E-state index is 0.105. The molecule has 2 aromatic rings. The number of nitrogens with two attached hydrogens (primary N) is 1. The molecule has 0 spiro atoms. The number of H-pyrrole nitrogens is 1. The second-order valence-electron chi connectivity index (χ2n) is 4.29. The molecule has 102 valence electrons. The molecule has 0 saturated carbocycles. The molecule has 0 saturated heterocycles. The number of nitriles is 1. The standard InChI is InChI=1S/C13H12N4O2S/c1-18-6-8-11-10(9-3-2-4-20-9)7(5-14)12(15)19-13(11)17-16-8/h2-4,10H,6,15H2,1H3,(H,16,17)/t10-/m1/s1. The molecule has 0 fully saturated rings. The summed E-state index contributed by atoms with van der Waals surface area (Å²) in [6, 6.07) is 6.06. The van der Waals surface area contributed by atoms with Gasteiger partial charge in [0.2, 0.25) is 11.8 Å². The summed E-state index contributed by atoms with van der Waals surface area (Å²) < 4.78 is 10.6. The Bertz CT molecular complexity index is 697. The molecule has 0 unspecified atom stereocenters. The van der Waals surface area contributed by atoms with Gasteiger partial charge in [0.05, 0.1) is 23.8 Å². The van der Waals surface area contributed by atoms with Crippen LogP contribution in [-0.4, -0.2) is 17.3 Å². The predicted octanol–water partition coefficient (Wildman–Crippen LogP) is 1.84. The highest BCUT2D eigenvalue weighted by atomic mass is 32.1. The van der Waals surface area contributed by atoms with E-state index in [-0.39, 0.29) is 11.8 Å². The van der Waals surface area contributed by atoms with Crippen LogP contribution in [0.25, 0.3) is 0 Å². The van der Waals surface area contributed by atoms with Crippen molar-refractivity contribution in [2.45, 2.75) is 12.5 Å². The molecule has 20 heavy (non-hydrogen) atoms. The van der Waals surface area contributed by atoms with Crippen molar-refractivity contribution in [2.75, 3.05) is 7.11 Å². The first-order chi connectivity index (χ1) is 9.76. The Morgan fingerprint density at radius 1 is 1.65 bits per heavy atom. The molecule has 0 radical (unpaired) electrons. The molecule has 3 rings (SSSR count). The van der Waals surface area contributed by atoms with E-state index in [9.17, 15) is 5.26 Å². The van der Waals surface area contributed by atoms with E-state index < -0.39 is 0 Å². The maximum Gasteiger partial charge on any atom is 0.244 e. The zero-order valence-electron chi connectivity index (χ0n) is 10.7. The molecule has 1 atom stereocenters. The third-order valence-corrected chi connectivity index (χ3v) is 4.07. The number of fused-ring (bicyclic) bond motifs is 1. The lowest BCUT2D eigenvalue weighted by molar-refractivity contribution is 0.180. The summed E-state index contributed by atoms with van der Waals surface area (Å²) in [5.74, 6) is 0.258.